The molecule has 7 heteroatoms. The van der Waals surface area contributed by atoms with Gasteiger partial charge in [-0.3, -0.25) is 4.79 Å². The highest BCUT2D eigenvalue weighted by molar-refractivity contribution is 5.95. The molecule has 0 amide bonds. The number of carboxylic acids is 1. The van der Waals surface area contributed by atoms with E-state index in [0.29, 0.717) is 32.1 Å². The summed E-state index contributed by atoms with van der Waals surface area (Å²) in [5, 5.41) is 56.2. The minimum Gasteiger partial charge on any atom is -0.550 e. The van der Waals surface area contributed by atoms with E-state index in [4.69, 9.17) is 0 Å². The SMILES string of the molecule is C[C@@H]([C@H]1CCC2(O)C3=CC(=O)[C@@H]4C[C@@H](O)CC[C@]4(C)[C@H]3CC[C@]12C)[C@@](O)(CCC(C)(C)O)CC(=O)[O-]. The van der Waals surface area contributed by atoms with Gasteiger partial charge in [-0.25, -0.2) is 0 Å². The number of carbonyl (C=O) groups excluding carboxylic acids is 2. The van der Waals surface area contributed by atoms with Crippen LogP contribution in [0.25, 0.3) is 0 Å². The van der Waals surface area contributed by atoms with Crippen molar-refractivity contribution in [1.29, 1.82) is 0 Å². The van der Waals surface area contributed by atoms with Crippen molar-refractivity contribution in [3.8, 4) is 0 Å². The van der Waals surface area contributed by atoms with Crippen molar-refractivity contribution in [2.45, 2.75) is 122 Å². The monoisotopic (exact) mass is 505 g/mol. The van der Waals surface area contributed by atoms with E-state index in [1.54, 1.807) is 19.9 Å². The molecule has 0 aromatic rings. The summed E-state index contributed by atoms with van der Waals surface area (Å²) in [4.78, 5) is 25.0. The number of carboxylic acid groups (broad SMARTS) is 1. The van der Waals surface area contributed by atoms with Gasteiger partial charge in [0.2, 0.25) is 0 Å². The number of fused-ring (bicyclic) bond motifs is 5. The van der Waals surface area contributed by atoms with Crippen molar-refractivity contribution in [3.63, 3.8) is 0 Å². The van der Waals surface area contributed by atoms with E-state index in [1.807, 2.05) is 13.8 Å². The van der Waals surface area contributed by atoms with E-state index < -0.39 is 46.6 Å². The van der Waals surface area contributed by atoms with Crippen LogP contribution >= 0.6 is 0 Å². The molecule has 0 aliphatic heterocycles. The molecule has 0 spiro atoms. The molecule has 3 saturated carbocycles. The van der Waals surface area contributed by atoms with Gasteiger partial charge in [-0.15, -0.1) is 0 Å². The molecule has 4 N–H and O–H groups in total. The molecule has 0 heterocycles. The normalized spacial score (nSPS) is 43.0. The van der Waals surface area contributed by atoms with E-state index in [2.05, 4.69) is 6.92 Å². The fourth-order valence-electron chi connectivity index (χ4n) is 8.78. The lowest BCUT2D eigenvalue weighted by molar-refractivity contribution is -0.311. The number of rotatable bonds is 7. The number of ketones is 1. The molecule has 7 nitrogen and oxygen atoms in total. The zero-order chi connectivity index (χ0) is 26.9. The van der Waals surface area contributed by atoms with Crippen molar-refractivity contribution >= 4 is 11.8 Å². The van der Waals surface area contributed by atoms with Crippen molar-refractivity contribution in [3.05, 3.63) is 11.6 Å². The van der Waals surface area contributed by atoms with Crippen LogP contribution in [0, 0.1) is 34.5 Å². The molecule has 4 aliphatic carbocycles. The van der Waals surface area contributed by atoms with Gasteiger partial charge in [0.05, 0.1) is 22.9 Å². The van der Waals surface area contributed by atoms with Crippen LogP contribution in [-0.4, -0.2) is 55.1 Å². The van der Waals surface area contributed by atoms with Crippen LogP contribution in [0.3, 0.4) is 0 Å². The van der Waals surface area contributed by atoms with Gasteiger partial charge in [-0.2, -0.15) is 0 Å². The summed E-state index contributed by atoms with van der Waals surface area (Å²) in [5.74, 6) is -2.12. The van der Waals surface area contributed by atoms with Crippen LogP contribution in [0.2, 0.25) is 0 Å². The highest BCUT2D eigenvalue weighted by atomic mass is 16.4. The van der Waals surface area contributed by atoms with Crippen molar-refractivity contribution in [2.75, 3.05) is 0 Å². The molecule has 4 rings (SSSR count). The lowest BCUT2D eigenvalue weighted by atomic mass is 9.46. The topological polar surface area (TPSA) is 138 Å². The molecule has 0 aromatic carbocycles. The predicted molar refractivity (Wildman–Crippen MR) is 132 cm³/mol. The Morgan fingerprint density at radius 3 is 2.39 bits per heavy atom. The summed E-state index contributed by atoms with van der Waals surface area (Å²) in [6, 6.07) is 0. The third-order valence-corrected chi connectivity index (χ3v) is 11.2. The van der Waals surface area contributed by atoms with Gasteiger partial charge in [-0.05, 0) is 106 Å². The predicted octanol–water partition coefficient (Wildman–Crippen LogP) is 2.28. The number of aliphatic hydroxyl groups is 4. The van der Waals surface area contributed by atoms with E-state index in [9.17, 15) is 35.1 Å². The van der Waals surface area contributed by atoms with Crippen LogP contribution < -0.4 is 5.11 Å². The zero-order valence-electron chi connectivity index (χ0n) is 22.5. The Labute approximate surface area is 215 Å². The van der Waals surface area contributed by atoms with Crippen molar-refractivity contribution in [2.24, 2.45) is 34.5 Å². The van der Waals surface area contributed by atoms with Gasteiger partial charge in [0.25, 0.3) is 0 Å². The van der Waals surface area contributed by atoms with Crippen molar-refractivity contribution in [1.82, 2.24) is 0 Å². The van der Waals surface area contributed by atoms with Crippen molar-refractivity contribution < 1.29 is 35.1 Å². The summed E-state index contributed by atoms with van der Waals surface area (Å²) in [7, 11) is 0. The molecule has 0 bridgehead atoms. The first kappa shape index (κ1) is 27.7. The number of hydrogen-bond acceptors (Lipinski definition) is 7. The number of hydrogen-bond donors (Lipinski definition) is 4. The molecule has 0 aromatic heterocycles. The molecular weight excluding hydrogens is 460 g/mol. The van der Waals surface area contributed by atoms with Crippen LogP contribution in [0.1, 0.15) is 98.8 Å². The Morgan fingerprint density at radius 2 is 1.78 bits per heavy atom. The average molecular weight is 506 g/mol. The van der Waals surface area contributed by atoms with Gasteiger partial charge in [0.15, 0.2) is 5.78 Å². The first-order chi connectivity index (χ1) is 16.5. The Morgan fingerprint density at radius 1 is 1.11 bits per heavy atom. The molecule has 9 atom stereocenters. The standard InChI is InChI=1S/C29H46O7/c1-17(28(35,16-24(32)33)13-12-25(2,3)34)19-8-11-29(36)21-15-23(31)22-14-18(30)6-9-26(22,4)20(21)7-10-27(19,29)5/h15,17-20,22,30,34-36H,6-14,16H2,1-5H3,(H,32,33)/p-1/t17-,18-,19+,20-,22-,26+,27+,28+,29?/m0/s1. The highest BCUT2D eigenvalue weighted by Gasteiger charge is 2.67. The summed E-state index contributed by atoms with van der Waals surface area (Å²) in [5.41, 5.74) is -3.93. The Hall–Kier alpha value is -1.28. The van der Waals surface area contributed by atoms with E-state index in [1.165, 1.54) is 0 Å². The van der Waals surface area contributed by atoms with E-state index in [-0.39, 0.29) is 41.8 Å². The van der Waals surface area contributed by atoms with Gasteiger partial charge in [0, 0.05) is 23.7 Å². The number of aliphatic carboxylic acids is 1. The molecule has 0 saturated heterocycles. The minimum absolute atomic E-state index is 0.00435. The Kier molecular flexibility index (Phi) is 6.85. The molecule has 0 radical (unpaired) electrons. The maximum atomic E-state index is 13.3. The van der Waals surface area contributed by atoms with Gasteiger partial charge >= 0.3 is 0 Å². The maximum Gasteiger partial charge on any atom is 0.159 e. The number of aliphatic hydroxyl groups excluding tert-OH is 1. The second kappa shape index (κ2) is 8.89. The van der Waals surface area contributed by atoms with Gasteiger partial charge < -0.3 is 30.3 Å². The Bertz CT molecular complexity index is 936. The molecule has 204 valence electrons. The first-order valence-electron chi connectivity index (χ1n) is 13.8. The summed E-state index contributed by atoms with van der Waals surface area (Å²) in [6.45, 7) is 9.32. The van der Waals surface area contributed by atoms with E-state index in [0.717, 1.165) is 18.4 Å². The van der Waals surface area contributed by atoms with Crippen LogP contribution in [0.4, 0.5) is 0 Å². The second-order valence-corrected chi connectivity index (χ2v) is 13.8. The van der Waals surface area contributed by atoms with Crippen LogP contribution in [0.15, 0.2) is 11.6 Å². The molecule has 4 aliphatic rings. The smallest absolute Gasteiger partial charge is 0.159 e. The minimum atomic E-state index is -1.58. The fraction of sp³-hybridized carbons (Fsp3) is 0.862. The van der Waals surface area contributed by atoms with Gasteiger partial charge in [-0.1, -0.05) is 20.8 Å². The molecule has 3 fully saturated rings. The fourth-order valence-corrected chi connectivity index (χ4v) is 8.78. The molecular formula is C29H45O7-. The summed E-state index contributed by atoms with van der Waals surface area (Å²) >= 11 is 0. The summed E-state index contributed by atoms with van der Waals surface area (Å²) in [6.07, 6.45) is 5.53. The average Bonchev–Trinajstić information content (AvgIpc) is 3.04. The largest absolute Gasteiger partial charge is 0.550 e. The zero-order valence-corrected chi connectivity index (χ0v) is 22.5. The summed E-state index contributed by atoms with van der Waals surface area (Å²) < 4.78 is 0. The lowest BCUT2D eigenvalue weighted by Crippen LogP contribution is -2.60. The third-order valence-electron chi connectivity index (χ3n) is 11.2. The van der Waals surface area contributed by atoms with Crippen LogP contribution in [-0.2, 0) is 9.59 Å². The van der Waals surface area contributed by atoms with Gasteiger partial charge in [0.1, 0.15) is 0 Å². The first-order valence-corrected chi connectivity index (χ1v) is 13.8. The second-order valence-electron chi connectivity index (χ2n) is 13.8. The maximum absolute atomic E-state index is 13.3. The quantitative estimate of drug-likeness (QED) is 0.416. The highest BCUT2D eigenvalue weighted by Crippen LogP contribution is 2.68. The molecule has 36 heavy (non-hydrogen) atoms. The Balaban J connectivity index is 1.68. The molecule has 1 unspecified atom stereocenters. The number of carbonyl (C=O) groups is 2. The van der Waals surface area contributed by atoms with E-state index >= 15 is 0 Å². The third kappa shape index (κ3) is 4.28. The lowest BCUT2D eigenvalue weighted by Gasteiger charge is -2.60. The van der Waals surface area contributed by atoms with Crippen LogP contribution in [0.5, 0.6) is 0 Å². The number of allylic oxidation sites excluding steroid dienone is 1.